The highest BCUT2D eigenvalue weighted by atomic mass is 35.5. The molecule has 0 spiro atoms. The van der Waals surface area contributed by atoms with E-state index in [0.717, 1.165) is 34.7 Å². The Bertz CT molecular complexity index is 628. The summed E-state index contributed by atoms with van der Waals surface area (Å²) in [5, 5.41) is 0.737. The molecule has 0 aliphatic rings. The van der Waals surface area contributed by atoms with Gasteiger partial charge in [-0.15, -0.1) is 0 Å². The number of hydrogen-bond donors (Lipinski definition) is 0. The van der Waals surface area contributed by atoms with E-state index in [1.807, 2.05) is 43.4 Å². The van der Waals surface area contributed by atoms with Gasteiger partial charge in [-0.05, 0) is 42.9 Å². The molecule has 3 nitrogen and oxygen atoms in total. The minimum Gasteiger partial charge on any atom is -0.496 e. The van der Waals surface area contributed by atoms with E-state index in [-0.39, 0.29) is 0 Å². The molecule has 0 aromatic heterocycles. The molecule has 0 radical (unpaired) electrons. The summed E-state index contributed by atoms with van der Waals surface area (Å²) in [6, 6.07) is 13.2. The number of benzene rings is 2. The molecular weight excluding hydrogens is 286 g/mol. The lowest BCUT2D eigenvalue weighted by atomic mass is 10.1. The fourth-order valence-electron chi connectivity index (χ4n) is 2.29. The Morgan fingerprint density at radius 3 is 2.67 bits per heavy atom. The summed E-state index contributed by atoms with van der Waals surface area (Å²) in [6.07, 6.45) is 0.847. The van der Waals surface area contributed by atoms with Gasteiger partial charge in [0.05, 0.1) is 7.11 Å². The fraction of sp³-hybridized carbons (Fsp3) is 0.235. The zero-order valence-electron chi connectivity index (χ0n) is 12.2. The molecule has 0 N–H and O–H groups in total. The predicted molar refractivity (Wildman–Crippen MR) is 85.0 cm³/mol. The summed E-state index contributed by atoms with van der Waals surface area (Å²) in [6.45, 7) is 1.46. The van der Waals surface area contributed by atoms with Gasteiger partial charge in [0, 0.05) is 29.2 Å². The van der Waals surface area contributed by atoms with Gasteiger partial charge in [0.15, 0.2) is 0 Å². The third-order valence-electron chi connectivity index (χ3n) is 3.22. The number of hydrogen-bond acceptors (Lipinski definition) is 3. The van der Waals surface area contributed by atoms with E-state index in [4.69, 9.17) is 16.3 Å². The van der Waals surface area contributed by atoms with Crippen LogP contribution in [0.25, 0.3) is 0 Å². The van der Waals surface area contributed by atoms with E-state index in [1.54, 1.807) is 13.2 Å². The number of aldehydes is 1. The van der Waals surface area contributed by atoms with E-state index in [2.05, 4.69) is 4.90 Å². The van der Waals surface area contributed by atoms with Crippen LogP contribution in [0.15, 0.2) is 42.5 Å². The number of carbonyl (C=O) groups excluding carboxylic acids is 1. The molecular formula is C17H18ClNO2. The van der Waals surface area contributed by atoms with Crippen molar-refractivity contribution in [3.63, 3.8) is 0 Å². The van der Waals surface area contributed by atoms with E-state index in [0.29, 0.717) is 12.1 Å². The number of ether oxygens (including phenoxy) is 1. The second-order valence-corrected chi connectivity index (χ2v) is 5.43. The van der Waals surface area contributed by atoms with Gasteiger partial charge >= 0.3 is 0 Å². The monoisotopic (exact) mass is 303 g/mol. The Morgan fingerprint density at radius 2 is 2.00 bits per heavy atom. The third kappa shape index (κ3) is 4.31. The average Bonchev–Trinajstić information content (AvgIpc) is 2.47. The van der Waals surface area contributed by atoms with Crippen LogP contribution in [0.2, 0.25) is 5.02 Å². The van der Waals surface area contributed by atoms with Crippen LogP contribution in [0.5, 0.6) is 5.75 Å². The number of methoxy groups -OCH3 is 1. The van der Waals surface area contributed by atoms with Gasteiger partial charge in [-0.25, -0.2) is 0 Å². The van der Waals surface area contributed by atoms with Crippen molar-refractivity contribution in [2.24, 2.45) is 0 Å². The maximum Gasteiger partial charge on any atom is 0.150 e. The maximum atomic E-state index is 10.9. The zero-order chi connectivity index (χ0) is 15.2. The first-order chi connectivity index (χ1) is 10.1. The molecule has 2 aromatic rings. The molecule has 0 aliphatic carbocycles. The van der Waals surface area contributed by atoms with Gasteiger partial charge in [-0.2, -0.15) is 0 Å². The van der Waals surface area contributed by atoms with Crippen LogP contribution in [-0.4, -0.2) is 25.3 Å². The molecule has 0 bridgehead atoms. The van der Waals surface area contributed by atoms with Gasteiger partial charge in [0.2, 0.25) is 0 Å². The standard InChI is InChI=1S/C17H18ClNO2/c1-19(10-13-4-3-5-16(18)9-13)11-15-8-14(12-20)6-7-17(15)21-2/h3-9,12H,10-11H2,1-2H3. The second-order valence-electron chi connectivity index (χ2n) is 4.99. The summed E-state index contributed by atoms with van der Waals surface area (Å²) in [7, 11) is 3.66. The normalized spacial score (nSPS) is 10.7. The SMILES string of the molecule is COc1ccc(C=O)cc1CN(C)Cc1cccc(Cl)c1. The van der Waals surface area contributed by atoms with E-state index < -0.39 is 0 Å². The average molecular weight is 304 g/mol. The minimum atomic E-state index is 0.655. The fourth-order valence-corrected chi connectivity index (χ4v) is 2.50. The Balaban J connectivity index is 2.11. The first-order valence-corrected chi connectivity index (χ1v) is 7.05. The van der Waals surface area contributed by atoms with Crippen LogP contribution in [0.4, 0.5) is 0 Å². The van der Waals surface area contributed by atoms with Gasteiger partial charge in [-0.3, -0.25) is 9.69 Å². The van der Waals surface area contributed by atoms with Crippen LogP contribution in [-0.2, 0) is 13.1 Å². The van der Waals surface area contributed by atoms with Gasteiger partial charge < -0.3 is 4.74 Å². The maximum absolute atomic E-state index is 10.9. The Labute approximate surface area is 130 Å². The van der Waals surface area contributed by atoms with Gasteiger partial charge in [-0.1, -0.05) is 23.7 Å². The van der Waals surface area contributed by atoms with E-state index in [9.17, 15) is 4.79 Å². The van der Waals surface area contributed by atoms with Gasteiger partial charge in [0.25, 0.3) is 0 Å². The number of carbonyl (C=O) groups is 1. The topological polar surface area (TPSA) is 29.5 Å². The molecule has 0 heterocycles. The molecule has 0 saturated heterocycles. The number of nitrogens with zero attached hydrogens (tertiary/aromatic N) is 1. The van der Waals surface area contributed by atoms with Crippen molar-refractivity contribution >= 4 is 17.9 Å². The molecule has 0 aliphatic heterocycles. The van der Waals surface area contributed by atoms with Crippen LogP contribution in [0.1, 0.15) is 21.5 Å². The van der Waals surface area contributed by atoms with Crippen molar-refractivity contribution in [1.29, 1.82) is 0 Å². The van der Waals surface area contributed by atoms with Crippen LogP contribution in [0.3, 0.4) is 0 Å². The highest BCUT2D eigenvalue weighted by molar-refractivity contribution is 6.30. The lowest BCUT2D eigenvalue weighted by molar-refractivity contribution is 0.112. The summed E-state index contributed by atoms with van der Waals surface area (Å²) in [5.41, 5.74) is 2.80. The predicted octanol–water partition coefficient (Wildman–Crippen LogP) is 3.79. The van der Waals surface area contributed by atoms with Gasteiger partial charge in [0.1, 0.15) is 12.0 Å². The molecule has 0 amide bonds. The largest absolute Gasteiger partial charge is 0.496 e. The smallest absolute Gasteiger partial charge is 0.150 e. The molecule has 0 fully saturated rings. The molecule has 110 valence electrons. The van der Waals surface area contributed by atoms with Crippen molar-refractivity contribution in [3.8, 4) is 5.75 Å². The highest BCUT2D eigenvalue weighted by Gasteiger charge is 2.08. The van der Waals surface area contributed by atoms with Crippen molar-refractivity contribution in [1.82, 2.24) is 4.90 Å². The number of rotatable bonds is 6. The van der Waals surface area contributed by atoms with Crippen molar-refractivity contribution < 1.29 is 9.53 Å². The highest BCUT2D eigenvalue weighted by Crippen LogP contribution is 2.21. The van der Waals surface area contributed by atoms with Crippen LogP contribution >= 0.6 is 11.6 Å². The molecule has 4 heteroatoms. The molecule has 0 unspecified atom stereocenters. The minimum absolute atomic E-state index is 0.655. The van der Waals surface area contributed by atoms with Crippen molar-refractivity contribution in [2.75, 3.05) is 14.2 Å². The first kappa shape index (κ1) is 15.5. The van der Waals surface area contributed by atoms with Crippen molar-refractivity contribution in [2.45, 2.75) is 13.1 Å². The van der Waals surface area contributed by atoms with Crippen LogP contribution < -0.4 is 4.74 Å². The molecule has 0 atom stereocenters. The Kier molecular flexibility index (Phi) is 5.37. The molecule has 2 rings (SSSR count). The summed E-state index contributed by atoms with van der Waals surface area (Å²) in [4.78, 5) is 13.1. The summed E-state index contributed by atoms with van der Waals surface area (Å²) >= 11 is 6.00. The quantitative estimate of drug-likeness (QED) is 0.760. The molecule has 2 aromatic carbocycles. The van der Waals surface area contributed by atoms with E-state index >= 15 is 0 Å². The molecule has 0 saturated carbocycles. The van der Waals surface area contributed by atoms with E-state index in [1.165, 1.54) is 0 Å². The summed E-state index contributed by atoms with van der Waals surface area (Å²) < 4.78 is 5.35. The lowest BCUT2D eigenvalue weighted by Crippen LogP contribution is -2.17. The Morgan fingerprint density at radius 1 is 1.19 bits per heavy atom. The lowest BCUT2D eigenvalue weighted by Gasteiger charge is -2.19. The first-order valence-electron chi connectivity index (χ1n) is 6.67. The Hall–Kier alpha value is -1.84. The van der Waals surface area contributed by atoms with Crippen molar-refractivity contribution in [3.05, 3.63) is 64.2 Å². The second kappa shape index (κ2) is 7.25. The summed E-state index contributed by atoms with van der Waals surface area (Å²) in [5.74, 6) is 0.790. The zero-order valence-corrected chi connectivity index (χ0v) is 12.9. The third-order valence-corrected chi connectivity index (χ3v) is 3.46. The molecule has 21 heavy (non-hydrogen) atoms. The number of halogens is 1. The van der Waals surface area contributed by atoms with Crippen LogP contribution in [0, 0.1) is 0 Å².